The van der Waals surface area contributed by atoms with Crippen molar-refractivity contribution in [2.24, 2.45) is 5.10 Å². The third kappa shape index (κ3) is 2.74. The number of ether oxygens (including phenoxy) is 1. The number of amides is 3. The van der Waals surface area contributed by atoms with Crippen LogP contribution in [0.15, 0.2) is 23.3 Å². The lowest BCUT2D eigenvalue weighted by Gasteiger charge is -2.17. The molecule has 2 N–H and O–H groups in total. The van der Waals surface area contributed by atoms with Gasteiger partial charge in [-0.2, -0.15) is 5.10 Å². The summed E-state index contributed by atoms with van der Waals surface area (Å²) >= 11 is 0. The maximum atomic E-state index is 12.2. The van der Waals surface area contributed by atoms with E-state index in [9.17, 15) is 14.7 Å². The predicted molar refractivity (Wildman–Crippen MR) is 80.9 cm³/mol. The molecule has 7 heteroatoms. The normalized spacial score (nSPS) is 21.5. The lowest BCUT2D eigenvalue weighted by Crippen LogP contribution is -2.42. The van der Waals surface area contributed by atoms with Crippen LogP contribution in [-0.4, -0.2) is 40.4 Å². The second kappa shape index (κ2) is 6.05. The zero-order valence-electron chi connectivity index (χ0n) is 12.8. The first-order valence-corrected chi connectivity index (χ1v) is 7.08. The number of rotatable bonds is 5. The van der Waals surface area contributed by atoms with Crippen molar-refractivity contribution in [1.82, 2.24) is 10.3 Å². The molecule has 3 amide bonds. The van der Waals surface area contributed by atoms with Gasteiger partial charge in [0.25, 0.3) is 5.91 Å². The topological polar surface area (TPSA) is 91.2 Å². The average Bonchev–Trinajstić information content (AvgIpc) is 2.71. The summed E-state index contributed by atoms with van der Waals surface area (Å²) in [5.41, 5.74) is -0.583. The number of carbonyl (C=O) groups is 2. The molecule has 0 bridgehead atoms. The fourth-order valence-corrected chi connectivity index (χ4v) is 2.05. The standard InChI is InChI=1S/C15H19N3O4/c1-4-15(3)13(20)18(14(21)17-15)16-9-10-7-6-8-11(12(10)19)22-5-2/h6-9,19H,4-5H2,1-3H3,(H,17,21)/b16-9+. The van der Waals surface area contributed by atoms with Crippen LogP contribution in [0.5, 0.6) is 11.5 Å². The van der Waals surface area contributed by atoms with Gasteiger partial charge in [-0.05, 0) is 32.4 Å². The molecular weight excluding hydrogens is 286 g/mol. The van der Waals surface area contributed by atoms with Gasteiger partial charge in [0.1, 0.15) is 5.54 Å². The molecule has 1 aliphatic heterocycles. The van der Waals surface area contributed by atoms with Crippen molar-refractivity contribution >= 4 is 18.2 Å². The molecule has 1 saturated heterocycles. The molecular formula is C15H19N3O4. The Bertz CT molecular complexity index is 629. The first-order valence-electron chi connectivity index (χ1n) is 7.08. The molecule has 1 fully saturated rings. The summed E-state index contributed by atoms with van der Waals surface area (Å²) in [6.45, 7) is 5.67. The van der Waals surface area contributed by atoms with Crippen molar-refractivity contribution < 1.29 is 19.4 Å². The van der Waals surface area contributed by atoms with E-state index in [1.807, 2.05) is 6.92 Å². The Labute approximate surface area is 128 Å². The highest BCUT2D eigenvalue weighted by Gasteiger charge is 2.46. The third-order valence-electron chi connectivity index (χ3n) is 3.59. The molecule has 0 radical (unpaired) electrons. The maximum Gasteiger partial charge on any atom is 0.346 e. The highest BCUT2D eigenvalue weighted by molar-refractivity contribution is 6.07. The van der Waals surface area contributed by atoms with E-state index in [1.165, 1.54) is 6.21 Å². The Kier molecular flexibility index (Phi) is 4.35. The lowest BCUT2D eigenvalue weighted by molar-refractivity contribution is -0.130. The molecule has 7 nitrogen and oxygen atoms in total. The number of hydrogen-bond acceptors (Lipinski definition) is 5. The van der Waals surface area contributed by atoms with Crippen molar-refractivity contribution in [1.29, 1.82) is 0 Å². The Morgan fingerprint density at radius 2 is 2.14 bits per heavy atom. The summed E-state index contributed by atoms with van der Waals surface area (Å²) < 4.78 is 5.27. The smallest absolute Gasteiger partial charge is 0.346 e. The molecule has 0 aliphatic carbocycles. The molecule has 1 atom stereocenters. The van der Waals surface area contributed by atoms with Crippen LogP contribution < -0.4 is 10.1 Å². The number of aromatic hydroxyl groups is 1. The number of phenols is 1. The number of benzene rings is 1. The number of carbonyl (C=O) groups excluding carboxylic acids is 2. The summed E-state index contributed by atoms with van der Waals surface area (Å²) in [6, 6.07) is 4.34. The summed E-state index contributed by atoms with van der Waals surface area (Å²) in [5, 5.41) is 17.3. The number of phenolic OH excluding ortho intramolecular Hbond substituents is 1. The first-order chi connectivity index (χ1) is 10.4. The lowest BCUT2D eigenvalue weighted by atomic mass is 10.00. The molecule has 1 aromatic carbocycles. The second-order valence-corrected chi connectivity index (χ2v) is 5.10. The van der Waals surface area contributed by atoms with E-state index in [0.717, 1.165) is 5.01 Å². The number of imide groups is 1. The Morgan fingerprint density at radius 3 is 2.73 bits per heavy atom. The minimum absolute atomic E-state index is 0.0848. The molecule has 0 saturated carbocycles. The van der Waals surface area contributed by atoms with Gasteiger partial charge in [-0.25, -0.2) is 4.79 Å². The minimum Gasteiger partial charge on any atom is -0.504 e. The van der Waals surface area contributed by atoms with Gasteiger partial charge < -0.3 is 15.2 Å². The number of hydrazone groups is 1. The number of hydrogen-bond donors (Lipinski definition) is 2. The molecule has 1 aliphatic rings. The summed E-state index contributed by atoms with van der Waals surface area (Å²) in [6.07, 6.45) is 1.73. The predicted octanol–water partition coefficient (Wildman–Crippen LogP) is 1.85. The van der Waals surface area contributed by atoms with Gasteiger partial charge >= 0.3 is 6.03 Å². The molecule has 22 heavy (non-hydrogen) atoms. The Balaban J connectivity index is 2.24. The van der Waals surface area contributed by atoms with Gasteiger partial charge in [0.2, 0.25) is 0 Å². The van der Waals surface area contributed by atoms with E-state index in [1.54, 1.807) is 32.0 Å². The van der Waals surface area contributed by atoms with Crippen LogP contribution in [0, 0.1) is 0 Å². The van der Waals surface area contributed by atoms with E-state index in [-0.39, 0.29) is 5.75 Å². The van der Waals surface area contributed by atoms with Gasteiger partial charge in [0.05, 0.1) is 12.8 Å². The fraction of sp³-hybridized carbons (Fsp3) is 0.400. The molecule has 118 valence electrons. The monoisotopic (exact) mass is 305 g/mol. The largest absolute Gasteiger partial charge is 0.504 e. The SMILES string of the molecule is CCOc1cccc(/C=N/N2C(=O)NC(C)(CC)C2=O)c1O. The quantitative estimate of drug-likeness (QED) is 0.641. The fourth-order valence-electron chi connectivity index (χ4n) is 2.05. The number of nitrogens with zero attached hydrogens (tertiary/aromatic N) is 2. The van der Waals surface area contributed by atoms with E-state index < -0.39 is 17.5 Å². The van der Waals surface area contributed by atoms with Gasteiger partial charge in [0.15, 0.2) is 11.5 Å². The maximum absolute atomic E-state index is 12.2. The molecule has 2 rings (SSSR count). The van der Waals surface area contributed by atoms with E-state index in [2.05, 4.69) is 10.4 Å². The zero-order valence-corrected chi connectivity index (χ0v) is 12.8. The minimum atomic E-state index is -0.941. The third-order valence-corrected chi connectivity index (χ3v) is 3.59. The van der Waals surface area contributed by atoms with E-state index in [0.29, 0.717) is 24.3 Å². The highest BCUT2D eigenvalue weighted by atomic mass is 16.5. The zero-order chi connectivity index (χ0) is 16.3. The molecule has 1 aromatic rings. The summed E-state index contributed by atoms with van der Waals surface area (Å²) in [4.78, 5) is 24.0. The molecule has 0 aromatic heterocycles. The van der Waals surface area contributed by atoms with Crippen LogP contribution in [0.2, 0.25) is 0 Å². The number of para-hydroxylation sites is 1. The number of urea groups is 1. The van der Waals surface area contributed by atoms with Crippen molar-refractivity contribution in [2.45, 2.75) is 32.7 Å². The highest BCUT2D eigenvalue weighted by Crippen LogP contribution is 2.29. The van der Waals surface area contributed by atoms with Gasteiger partial charge in [0, 0.05) is 5.56 Å². The molecule has 1 heterocycles. The van der Waals surface area contributed by atoms with Gasteiger partial charge in [-0.15, -0.1) is 5.01 Å². The van der Waals surface area contributed by atoms with Crippen LogP contribution in [0.3, 0.4) is 0 Å². The van der Waals surface area contributed by atoms with Crippen molar-refractivity contribution in [2.75, 3.05) is 6.61 Å². The van der Waals surface area contributed by atoms with E-state index >= 15 is 0 Å². The number of nitrogens with one attached hydrogen (secondary N) is 1. The summed E-state index contributed by atoms with van der Waals surface area (Å²) in [7, 11) is 0. The van der Waals surface area contributed by atoms with Crippen LogP contribution in [-0.2, 0) is 4.79 Å². The van der Waals surface area contributed by atoms with Crippen molar-refractivity contribution in [3.05, 3.63) is 23.8 Å². The van der Waals surface area contributed by atoms with Gasteiger partial charge in [-0.3, -0.25) is 4.79 Å². The van der Waals surface area contributed by atoms with Crippen LogP contribution in [0.4, 0.5) is 4.79 Å². The molecule has 0 spiro atoms. The van der Waals surface area contributed by atoms with Crippen LogP contribution >= 0.6 is 0 Å². The average molecular weight is 305 g/mol. The van der Waals surface area contributed by atoms with Crippen LogP contribution in [0.1, 0.15) is 32.8 Å². The van der Waals surface area contributed by atoms with Crippen molar-refractivity contribution in [3.63, 3.8) is 0 Å². The van der Waals surface area contributed by atoms with Crippen molar-refractivity contribution in [3.8, 4) is 11.5 Å². The second-order valence-electron chi connectivity index (χ2n) is 5.10. The Morgan fingerprint density at radius 1 is 1.41 bits per heavy atom. The Hall–Kier alpha value is -2.57. The van der Waals surface area contributed by atoms with E-state index in [4.69, 9.17) is 4.74 Å². The first kappa shape index (κ1) is 15.8. The molecule has 1 unspecified atom stereocenters. The van der Waals surface area contributed by atoms with Gasteiger partial charge in [-0.1, -0.05) is 13.0 Å². The van der Waals surface area contributed by atoms with Crippen LogP contribution in [0.25, 0.3) is 0 Å². The summed E-state index contributed by atoms with van der Waals surface area (Å²) in [5.74, 6) is -0.183.